The van der Waals surface area contributed by atoms with E-state index < -0.39 is 40.1 Å². The Hall–Kier alpha value is -4.16. The van der Waals surface area contributed by atoms with Crippen molar-refractivity contribution in [3.05, 3.63) is 89.7 Å². The molecule has 0 bridgehead atoms. The van der Waals surface area contributed by atoms with Crippen LogP contribution < -0.4 is 14.2 Å². The van der Waals surface area contributed by atoms with Crippen molar-refractivity contribution in [3.63, 3.8) is 0 Å². The second-order valence-electron chi connectivity index (χ2n) is 9.43. The molecule has 2 aromatic heterocycles. The van der Waals surface area contributed by atoms with Crippen molar-refractivity contribution in [2.75, 3.05) is 6.61 Å². The van der Waals surface area contributed by atoms with E-state index in [4.69, 9.17) is 9.47 Å². The zero-order valence-corrected chi connectivity index (χ0v) is 23.0. The lowest BCUT2D eigenvalue weighted by Crippen LogP contribution is -2.54. The molecule has 1 N–H and O–H groups in total. The summed E-state index contributed by atoms with van der Waals surface area (Å²) in [5.74, 6) is -1.62. The Balaban J connectivity index is 1.58. The van der Waals surface area contributed by atoms with E-state index in [1.165, 1.54) is 24.4 Å². The molecule has 2 unspecified atom stereocenters. The molecular weight excluding hydrogens is 556 g/mol. The Bertz CT molecular complexity index is 1700. The smallest absolute Gasteiger partial charge is 0.388 e. The number of rotatable bonds is 9. The van der Waals surface area contributed by atoms with Crippen molar-refractivity contribution in [1.29, 1.82) is 0 Å². The Kier molecular flexibility index (Phi) is 7.87. The highest BCUT2D eigenvalue weighted by molar-refractivity contribution is 7.90. The number of pyridine rings is 2. The fraction of sp³-hybridized carbons (Fsp3) is 0.276. The maximum Gasteiger partial charge on any atom is 0.388 e. The Morgan fingerprint density at radius 2 is 1.95 bits per heavy atom. The minimum Gasteiger partial charge on any atom is -0.481 e. The average molecular weight is 584 g/mol. The number of amides is 1. The summed E-state index contributed by atoms with van der Waals surface area (Å²) in [7, 11) is -4.43. The number of halogens is 2. The van der Waals surface area contributed by atoms with Crippen LogP contribution in [0, 0.1) is 6.92 Å². The maximum absolute atomic E-state index is 14.1. The number of fused-ring (bicyclic) bond motifs is 1. The highest BCUT2D eigenvalue weighted by Gasteiger charge is 2.55. The summed E-state index contributed by atoms with van der Waals surface area (Å²) < 4.78 is 72.2. The molecule has 4 aromatic rings. The number of aromatic nitrogens is 2. The molecule has 1 saturated heterocycles. The normalized spacial score (nSPS) is 18.9. The third kappa shape index (κ3) is 5.57. The molecule has 1 aliphatic rings. The van der Waals surface area contributed by atoms with Crippen molar-refractivity contribution in [3.8, 4) is 11.6 Å². The van der Waals surface area contributed by atoms with Crippen LogP contribution in [-0.2, 0) is 31.6 Å². The van der Waals surface area contributed by atoms with Crippen molar-refractivity contribution in [2.24, 2.45) is 0 Å². The summed E-state index contributed by atoms with van der Waals surface area (Å²) in [5.41, 5.74) is 0.422. The average Bonchev–Trinajstić information content (AvgIpc) is 3.37. The molecule has 41 heavy (non-hydrogen) atoms. The number of sulfonamides is 1. The van der Waals surface area contributed by atoms with E-state index in [2.05, 4.69) is 19.4 Å². The first-order valence-electron chi connectivity index (χ1n) is 12.9. The quantitative estimate of drug-likeness (QED) is 0.302. The molecule has 9 nitrogen and oxygen atoms in total. The van der Waals surface area contributed by atoms with Crippen molar-refractivity contribution in [1.82, 2.24) is 14.7 Å². The minimum absolute atomic E-state index is 0.0251. The van der Waals surface area contributed by atoms with Crippen LogP contribution in [0.5, 0.6) is 11.6 Å². The van der Waals surface area contributed by atoms with Crippen LogP contribution in [0.3, 0.4) is 0 Å². The molecule has 1 amide bonds. The van der Waals surface area contributed by atoms with Crippen molar-refractivity contribution in [2.45, 2.75) is 49.9 Å². The third-order valence-electron chi connectivity index (χ3n) is 6.82. The number of ether oxygens (including phenoxy) is 3. The van der Waals surface area contributed by atoms with Gasteiger partial charge in [0.2, 0.25) is 5.60 Å². The molecule has 0 radical (unpaired) electrons. The first-order valence-corrected chi connectivity index (χ1v) is 14.4. The standard InChI is InChI=1S/C29H27F2N3O6S/c1-3-19-7-4-8-20(17-19)29(25(14-16-38-29)39-23-10-6-15-32-26(23)40-28(30)31)27(35)34-41(36,37)24-11-5-9-22-21(24)13-12-18(2)33-22/h4-13,15,17,25,28H,3,14,16H2,1-2H3,(H,34,35). The van der Waals surface area contributed by atoms with E-state index in [1.807, 2.05) is 13.0 Å². The van der Waals surface area contributed by atoms with Crippen LogP contribution in [0.25, 0.3) is 10.9 Å². The fourth-order valence-corrected chi connectivity index (χ4v) is 6.13. The predicted molar refractivity (Wildman–Crippen MR) is 145 cm³/mol. The summed E-state index contributed by atoms with van der Waals surface area (Å²) >= 11 is 0. The predicted octanol–water partition coefficient (Wildman–Crippen LogP) is 4.67. The van der Waals surface area contributed by atoms with Gasteiger partial charge in [-0.15, -0.1) is 0 Å². The number of nitrogens with one attached hydrogen (secondary N) is 1. The maximum atomic E-state index is 14.1. The van der Waals surface area contributed by atoms with Gasteiger partial charge >= 0.3 is 6.61 Å². The minimum atomic E-state index is -4.43. The van der Waals surface area contributed by atoms with Gasteiger partial charge in [-0.2, -0.15) is 8.78 Å². The second kappa shape index (κ2) is 11.4. The molecule has 0 spiro atoms. The van der Waals surface area contributed by atoms with Gasteiger partial charge in [0.05, 0.1) is 17.0 Å². The van der Waals surface area contributed by atoms with E-state index in [0.29, 0.717) is 28.6 Å². The van der Waals surface area contributed by atoms with E-state index in [9.17, 15) is 22.0 Å². The van der Waals surface area contributed by atoms with Gasteiger partial charge in [-0.25, -0.2) is 18.1 Å². The van der Waals surface area contributed by atoms with Crippen LogP contribution in [0.4, 0.5) is 8.78 Å². The molecule has 2 atom stereocenters. The van der Waals surface area contributed by atoms with Gasteiger partial charge < -0.3 is 14.2 Å². The number of aryl methyl sites for hydroxylation is 2. The van der Waals surface area contributed by atoms with Crippen LogP contribution >= 0.6 is 0 Å². The van der Waals surface area contributed by atoms with Gasteiger partial charge in [-0.05, 0) is 60.9 Å². The summed E-state index contributed by atoms with van der Waals surface area (Å²) in [6.45, 7) is 0.580. The van der Waals surface area contributed by atoms with E-state index in [1.54, 1.807) is 49.4 Å². The molecule has 1 fully saturated rings. The van der Waals surface area contributed by atoms with Gasteiger partial charge in [0.25, 0.3) is 21.8 Å². The number of hydrogen-bond acceptors (Lipinski definition) is 8. The van der Waals surface area contributed by atoms with Gasteiger partial charge in [-0.3, -0.25) is 9.78 Å². The van der Waals surface area contributed by atoms with Crippen LogP contribution in [0.1, 0.15) is 30.2 Å². The zero-order valence-electron chi connectivity index (χ0n) is 22.2. The van der Waals surface area contributed by atoms with Crippen molar-refractivity contribution < 1.29 is 36.2 Å². The monoisotopic (exact) mass is 583 g/mol. The van der Waals surface area contributed by atoms with Crippen LogP contribution in [-0.4, -0.2) is 43.6 Å². The molecule has 3 heterocycles. The number of carbonyl (C=O) groups excluding carboxylic acids is 1. The Morgan fingerprint density at radius 1 is 1.15 bits per heavy atom. The molecule has 1 aliphatic heterocycles. The molecular formula is C29H27F2N3O6S. The lowest BCUT2D eigenvalue weighted by atomic mass is 9.86. The highest BCUT2D eigenvalue weighted by Crippen LogP contribution is 2.41. The second-order valence-corrected chi connectivity index (χ2v) is 11.1. The largest absolute Gasteiger partial charge is 0.481 e. The Morgan fingerprint density at radius 3 is 2.73 bits per heavy atom. The first-order chi connectivity index (χ1) is 19.6. The number of benzene rings is 2. The SMILES string of the molecule is CCc1cccc(C2(C(=O)NS(=O)(=O)c3cccc4nc(C)ccc34)OCCC2Oc2cccnc2OC(F)F)c1. The number of carbonyl (C=O) groups is 1. The van der Waals surface area contributed by atoms with Crippen molar-refractivity contribution >= 4 is 26.8 Å². The molecule has 0 saturated carbocycles. The first kappa shape index (κ1) is 28.4. The topological polar surface area (TPSA) is 117 Å². The molecule has 214 valence electrons. The van der Waals surface area contributed by atoms with Gasteiger partial charge in [0, 0.05) is 23.7 Å². The summed E-state index contributed by atoms with van der Waals surface area (Å²) in [6, 6.07) is 17.7. The van der Waals surface area contributed by atoms with Crippen LogP contribution in [0.2, 0.25) is 0 Å². The van der Waals surface area contributed by atoms with Gasteiger partial charge in [-0.1, -0.05) is 37.3 Å². The third-order valence-corrected chi connectivity index (χ3v) is 8.21. The van der Waals surface area contributed by atoms with Gasteiger partial charge in [0.15, 0.2) is 5.75 Å². The van der Waals surface area contributed by atoms with E-state index >= 15 is 0 Å². The summed E-state index contributed by atoms with van der Waals surface area (Å²) in [6.07, 6.45) is 0.913. The van der Waals surface area contributed by atoms with E-state index in [-0.39, 0.29) is 23.7 Å². The Labute approximate surface area is 235 Å². The van der Waals surface area contributed by atoms with Gasteiger partial charge in [0.1, 0.15) is 6.10 Å². The highest BCUT2D eigenvalue weighted by atomic mass is 32.2. The molecule has 5 rings (SSSR count). The molecule has 0 aliphatic carbocycles. The zero-order chi connectivity index (χ0) is 29.2. The van der Waals surface area contributed by atoms with E-state index in [0.717, 1.165) is 5.56 Å². The molecule has 12 heteroatoms. The summed E-state index contributed by atoms with van der Waals surface area (Å²) in [4.78, 5) is 22.2. The fourth-order valence-electron chi connectivity index (χ4n) is 4.91. The summed E-state index contributed by atoms with van der Waals surface area (Å²) in [5, 5.41) is 0.338. The lowest BCUT2D eigenvalue weighted by molar-refractivity contribution is -0.148. The number of hydrogen-bond donors (Lipinski definition) is 1. The lowest BCUT2D eigenvalue weighted by Gasteiger charge is -2.33. The van der Waals surface area contributed by atoms with Crippen LogP contribution in [0.15, 0.2) is 77.8 Å². The number of alkyl halides is 2. The molecule has 2 aromatic carbocycles. The number of nitrogens with zero attached hydrogens (tertiary/aromatic N) is 2.